The smallest absolute Gasteiger partial charge is 0.323 e. The summed E-state index contributed by atoms with van der Waals surface area (Å²) in [5.74, 6) is -1.49. The zero-order chi connectivity index (χ0) is 21.2. The van der Waals surface area contributed by atoms with Crippen molar-refractivity contribution < 1.29 is 22.7 Å². The predicted molar refractivity (Wildman–Crippen MR) is 108 cm³/mol. The molecule has 5 rings (SSSR count). The molecule has 154 valence electrons. The summed E-state index contributed by atoms with van der Waals surface area (Å²) in [6.45, 7) is 1.44. The third-order valence-corrected chi connectivity index (χ3v) is 7.32. The van der Waals surface area contributed by atoms with E-state index in [1.165, 1.54) is 18.2 Å². The second-order valence-corrected chi connectivity index (χ2v) is 9.32. The Morgan fingerprint density at radius 1 is 1.23 bits per heavy atom. The highest BCUT2D eigenvalue weighted by molar-refractivity contribution is 7.89. The molecule has 1 aliphatic heterocycles. The first-order valence-corrected chi connectivity index (χ1v) is 11.0. The summed E-state index contributed by atoms with van der Waals surface area (Å²) >= 11 is 0. The lowest BCUT2D eigenvalue weighted by atomic mass is 9.99. The molecule has 0 atom stereocenters. The largest absolute Gasteiger partial charge is 0.480 e. The second kappa shape index (κ2) is 6.40. The molecule has 2 heterocycles. The summed E-state index contributed by atoms with van der Waals surface area (Å²) in [4.78, 5) is 11.6. The van der Waals surface area contributed by atoms with Crippen LogP contribution in [0.25, 0.3) is 10.9 Å². The number of benzene rings is 2. The van der Waals surface area contributed by atoms with Gasteiger partial charge in [0, 0.05) is 27.7 Å². The van der Waals surface area contributed by atoms with E-state index in [4.69, 9.17) is 0 Å². The van der Waals surface area contributed by atoms with Crippen molar-refractivity contribution in [3.8, 4) is 0 Å². The number of carboxylic acid groups (broad SMARTS) is 1. The van der Waals surface area contributed by atoms with E-state index in [1.54, 1.807) is 35.8 Å². The summed E-state index contributed by atoms with van der Waals surface area (Å²) < 4.78 is 43.1. The van der Waals surface area contributed by atoms with Gasteiger partial charge in [-0.3, -0.25) is 4.79 Å². The van der Waals surface area contributed by atoms with Crippen molar-refractivity contribution in [2.75, 3.05) is 0 Å². The van der Waals surface area contributed by atoms with Crippen LogP contribution >= 0.6 is 0 Å². The van der Waals surface area contributed by atoms with Crippen molar-refractivity contribution in [3.63, 3.8) is 0 Å². The van der Waals surface area contributed by atoms with Gasteiger partial charge in [-0.1, -0.05) is 18.2 Å². The topological polar surface area (TPSA) is 92.0 Å². The quantitative estimate of drug-likeness (QED) is 0.693. The monoisotopic (exact) mass is 427 g/mol. The highest BCUT2D eigenvalue weighted by Crippen LogP contribution is 2.39. The number of aliphatic carboxylic acids is 1. The number of sulfonamides is 1. The molecule has 1 saturated carbocycles. The molecule has 2 aliphatic rings. The van der Waals surface area contributed by atoms with Crippen LogP contribution in [0.4, 0.5) is 4.39 Å². The van der Waals surface area contributed by atoms with E-state index in [0.29, 0.717) is 33.4 Å². The molecule has 0 unspecified atom stereocenters. The highest BCUT2D eigenvalue weighted by atomic mass is 32.2. The Balaban J connectivity index is 1.84. The van der Waals surface area contributed by atoms with Crippen LogP contribution < -0.4 is 0 Å². The normalized spacial score (nSPS) is 17.7. The van der Waals surface area contributed by atoms with Crippen LogP contribution in [0.3, 0.4) is 0 Å². The van der Waals surface area contributed by atoms with E-state index in [1.807, 2.05) is 0 Å². The SMILES string of the molecule is Cc1c(C2=NN(C3CC3)S(=O)(=O)c3ccccc32)c2cc(F)ccc2n1CC(=O)O. The van der Waals surface area contributed by atoms with Crippen molar-refractivity contribution in [3.05, 3.63) is 65.1 Å². The minimum absolute atomic E-state index is 0.150. The Kier molecular flexibility index (Phi) is 4.01. The number of carboxylic acids is 1. The van der Waals surface area contributed by atoms with Crippen LogP contribution in [-0.4, -0.2) is 40.2 Å². The maximum Gasteiger partial charge on any atom is 0.323 e. The van der Waals surface area contributed by atoms with Gasteiger partial charge >= 0.3 is 5.97 Å². The van der Waals surface area contributed by atoms with Gasteiger partial charge < -0.3 is 9.67 Å². The number of hydrazone groups is 1. The molecule has 0 amide bonds. The van der Waals surface area contributed by atoms with Crippen LogP contribution in [-0.2, 0) is 21.4 Å². The number of fused-ring (bicyclic) bond motifs is 2. The highest BCUT2D eigenvalue weighted by Gasteiger charge is 2.42. The summed E-state index contributed by atoms with van der Waals surface area (Å²) in [5.41, 5.74) is 2.51. The van der Waals surface area contributed by atoms with Crippen LogP contribution in [0.1, 0.15) is 29.7 Å². The Hall–Kier alpha value is -3.20. The van der Waals surface area contributed by atoms with Crippen LogP contribution in [0.2, 0.25) is 0 Å². The molecule has 1 fully saturated rings. The van der Waals surface area contributed by atoms with Gasteiger partial charge in [0.05, 0.1) is 10.9 Å². The third-order valence-electron chi connectivity index (χ3n) is 5.54. The van der Waals surface area contributed by atoms with Crippen molar-refractivity contribution in [1.29, 1.82) is 0 Å². The molecule has 1 aromatic heterocycles. The van der Waals surface area contributed by atoms with Gasteiger partial charge in [-0.25, -0.2) is 4.39 Å². The molecule has 0 radical (unpaired) electrons. The zero-order valence-corrected chi connectivity index (χ0v) is 16.9. The Morgan fingerprint density at radius 3 is 2.67 bits per heavy atom. The molecule has 7 nitrogen and oxygen atoms in total. The summed E-state index contributed by atoms with van der Waals surface area (Å²) in [6.07, 6.45) is 1.46. The number of hydrogen-bond donors (Lipinski definition) is 1. The first-order chi connectivity index (χ1) is 14.3. The lowest BCUT2D eigenvalue weighted by Gasteiger charge is -2.27. The molecule has 0 spiro atoms. The number of aromatic nitrogens is 1. The molecule has 2 aromatic carbocycles. The lowest BCUT2D eigenvalue weighted by molar-refractivity contribution is -0.137. The van der Waals surface area contributed by atoms with Crippen molar-refractivity contribution in [2.45, 2.75) is 37.2 Å². The fourth-order valence-corrected chi connectivity index (χ4v) is 5.73. The van der Waals surface area contributed by atoms with E-state index in [-0.39, 0.29) is 17.5 Å². The maximum atomic E-state index is 14.1. The van der Waals surface area contributed by atoms with E-state index >= 15 is 0 Å². The van der Waals surface area contributed by atoms with Crippen LogP contribution in [0.15, 0.2) is 52.5 Å². The summed E-state index contributed by atoms with van der Waals surface area (Å²) in [7, 11) is -3.78. The van der Waals surface area contributed by atoms with Gasteiger partial charge in [-0.15, -0.1) is 0 Å². The van der Waals surface area contributed by atoms with Gasteiger partial charge in [0.1, 0.15) is 18.1 Å². The number of halogens is 1. The summed E-state index contributed by atoms with van der Waals surface area (Å²) in [5, 5.41) is 14.4. The van der Waals surface area contributed by atoms with Crippen molar-refractivity contribution in [1.82, 2.24) is 8.98 Å². The van der Waals surface area contributed by atoms with E-state index in [2.05, 4.69) is 5.10 Å². The number of hydrogen-bond acceptors (Lipinski definition) is 4. The molecule has 0 saturated heterocycles. The Bertz CT molecular complexity index is 1360. The maximum absolute atomic E-state index is 14.1. The van der Waals surface area contributed by atoms with Crippen LogP contribution in [0.5, 0.6) is 0 Å². The minimum atomic E-state index is -3.78. The molecular formula is C21H18FN3O4S. The second-order valence-electron chi connectivity index (χ2n) is 7.56. The number of nitrogens with zero attached hydrogens (tertiary/aromatic N) is 3. The molecule has 0 bridgehead atoms. The molecule has 3 aromatic rings. The Morgan fingerprint density at radius 2 is 1.97 bits per heavy atom. The minimum Gasteiger partial charge on any atom is -0.480 e. The van der Waals surface area contributed by atoms with Crippen LogP contribution in [0, 0.1) is 12.7 Å². The summed E-state index contributed by atoms with van der Waals surface area (Å²) in [6, 6.07) is 10.6. The van der Waals surface area contributed by atoms with Gasteiger partial charge in [0.2, 0.25) is 0 Å². The number of carbonyl (C=O) groups is 1. The molecule has 30 heavy (non-hydrogen) atoms. The third kappa shape index (κ3) is 2.72. The zero-order valence-electron chi connectivity index (χ0n) is 16.0. The van der Waals surface area contributed by atoms with E-state index < -0.39 is 21.8 Å². The first kappa shape index (κ1) is 18.8. The van der Waals surface area contributed by atoms with Crippen molar-refractivity contribution in [2.24, 2.45) is 5.10 Å². The molecule has 1 aliphatic carbocycles. The average Bonchev–Trinajstić information content (AvgIpc) is 3.49. The fraction of sp³-hybridized carbons (Fsp3) is 0.238. The van der Waals surface area contributed by atoms with Gasteiger partial charge in [0.25, 0.3) is 10.0 Å². The average molecular weight is 427 g/mol. The molecular weight excluding hydrogens is 409 g/mol. The molecule has 1 N–H and O–H groups in total. The lowest BCUT2D eigenvalue weighted by Crippen LogP contribution is -2.35. The number of rotatable bonds is 4. The van der Waals surface area contributed by atoms with Gasteiger partial charge in [-0.05, 0) is 44.0 Å². The fourth-order valence-electron chi connectivity index (χ4n) is 4.04. The van der Waals surface area contributed by atoms with Gasteiger partial charge in [-0.2, -0.15) is 17.9 Å². The van der Waals surface area contributed by atoms with E-state index in [0.717, 1.165) is 17.3 Å². The Labute approximate surface area is 172 Å². The molecule has 9 heteroatoms. The van der Waals surface area contributed by atoms with Gasteiger partial charge in [0.15, 0.2) is 0 Å². The first-order valence-electron chi connectivity index (χ1n) is 9.52. The van der Waals surface area contributed by atoms with E-state index in [9.17, 15) is 22.7 Å². The standard InChI is InChI=1S/C21H18FN3O4S/c1-12-20(16-10-13(22)6-9-17(16)24(12)11-19(26)27)21-15-4-2-3-5-18(15)30(28,29)25(23-21)14-7-8-14/h2-6,9-10,14H,7-8,11H2,1H3,(H,26,27). The predicted octanol–water partition coefficient (Wildman–Crippen LogP) is 3.09. The van der Waals surface area contributed by atoms with Crippen molar-refractivity contribution >= 4 is 32.6 Å².